The minimum Gasteiger partial charge on any atom is -0.384 e. The summed E-state index contributed by atoms with van der Waals surface area (Å²) in [6.07, 6.45) is -5.16. The van der Waals surface area contributed by atoms with Crippen molar-refractivity contribution < 1.29 is 13.2 Å². The zero-order valence-electron chi connectivity index (χ0n) is 8.11. The molecule has 0 unspecified atom stereocenters. The van der Waals surface area contributed by atoms with Gasteiger partial charge in [-0.2, -0.15) is 18.4 Å². The lowest BCUT2D eigenvalue weighted by Gasteiger charge is -2.10. The molecule has 1 aromatic carbocycles. The summed E-state index contributed by atoms with van der Waals surface area (Å²) >= 11 is 5.71. The summed E-state index contributed by atoms with van der Waals surface area (Å²) in [5.41, 5.74) is 0.477. The van der Waals surface area contributed by atoms with E-state index in [2.05, 4.69) is 5.32 Å². The van der Waals surface area contributed by atoms with E-state index in [0.717, 1.165) is 0 Å². The number of benzene rings is 1. The maximum Gasteiger partial charge on any atom is 0.390 e. The Hall–Kier alpha value is -1.41. The number of alkyl halides is 3. The quantitative estimate of drug-likeness (QED) is 0.888. The molecule has 86 valence electrons. The number of rotatable bonds is 3. The van der Waals surface area contributed by atoms with Gasteiger partial charge in [-0.1, -0.05) is 17.7 Å². The van der Waals surface area contributed by atoms with Gasteiger partial charge in [0.25, 0.3) is 0 Å². The second kappa shape index (κ2) is 5.08. The van der Waals surface area contributed by atoms with E-state index in [-0.39, 0.29) is 17.1 Å². The highest BCUT2D eigenvalue weighted by Crippen LogP contribution is 2.24. The second-order valence-electron chi connectivity index (χ2n) is 3.07. The first-order valence-electron chi connectivity index (χ1n) is 4.43. The van der Waals surface area contributed by atoms with Gasteiger partial charge in [0.05, 0.1) is 22.7 Å². The van der Waals surface area contributed by atoms with E-state index in [0.29, 0.717) is 5.69 Å². The number of nitriles is 1. The third kappa shape index (κ3) is 3.63. The molecular weight excluding hydrogens is 241 g/mol. The van der Waals surface area contributed by atoms with Crippen LogP contribution in [0.5, 0.6) is 0 Å². The lowest BCUT2D eigenvalue weighted by atomic mass is 10.2. The second-order valence-corrected chi connectivity index (χ2v) is 3.47. The van der Waals surface area contributed by atoms with Crippen molar-refractivity contribution >= 4 is 17.3 Å². The number of halogens is 4. The van der Waals surface area contributed by atoms with E-state index in [1.807, 2.05) is 6.07 Å². The van der Waals surface area contributed by atoms with Crippen molar-refractivity contribution in [3.63, 3.8) is 0 Å². The molecule has 0 spiro atoms. The first-order chi connectivity index (χ1) is 7.44. The van der Waals surface area contributed by atoms with Gasteiger partial charge in [0, 0.05) is 6.54 Å². The molecule has 0 fully saturated rings. The SMILES string of the molecule is N#Cc1c(Cl)cccc1NCCC(F)(F)F. The minimum absolute atomic E-state index is 0.159. The topological polar surface area (TPSA) is 35.8 Å². The molecule has 0 aliphatic rings. The van der Waals surface area contributed by atoms with E-state index in [1.54, 1.807) is 6.07 Å². The molecular formula is C10H8ClF3N2. The number of hydrogen-bond donors (Lipinski definition) is 1. The Morgan fingerprint density at radius 1 is 1.38 bits per heavy atom. The summed E-state index contributed by atoms with van der Waals surface area (Å²) in [4.78, 5) is 0. The predicted octanol–water partition coefficient (Wildman–Crippen LogP) is 3.58. The molecule has 2 nitrogen and oxygen atoms in total. The van der Waals surface area contributed by atoms with Gasteiger partial charge in [0.1, 0.15) is 6.07 Å². The Kier molecular flexibility index (Phi) is 4.02. The highest BCUT2D eigenvalue weighted by atomic mass is 35.5. The molecule has 0 aliphatic heterocycles. The number of nitrogens with one attached hydrogen (secondary N) is 1. The van der Waals surface area contributed by atoms with Gasteiger partial charge >= 0.3 is 6.18 Å². The predicted molar refractivity (Wildman–Crippen MR) is 55.3 cm³/mol. The van der Waals surface area contributed by atoms with Crippen LogP contribution in [0, 0.1) is 11.3 Å². The van der Waals surface area contributed by atoms with E-state index in [4.69, 9.17) is 16.9 Å². The molecule has 0 amide bonds. The largest absolute Gasteiger partial charge is 0.390 e. The van der Waals surface area contributed by atoms with Gasteiger partial charge in [-0.05, 0) is 12.1 Å². The number of anilines is 1. The summed E-state index contributed by atoms with van der Waals surface area (Å²) < 4.78 is 35.7. The standard InChI is InChI=1S/C10H8ClF3N2/c11-8-2-1-3-9(7(8)6-15)16-5-4-10(12,13)14/h1-3,16H,4-5H2. The fourth-order valence-electron chi connectivity index (χ4n) is 1.12. The molecule has 1 aromatic rings. The van der Waals surface area contributed by atoms with Crippen molar-refractivity contribution in [1.82, 2.24) is 0 Å². The zero-order valence-corrected chi connectivity index (χ0v) is 8.86. The molecule has 6 heteroatoms. The lowest BCUT2D eigenvalue weighted by molar-refractivity contribution is -0.131. The summed E-state index contributed by atoms with van der Waals surface area (Å²) in [7, 11) is 0. The molecule has 0 aromatic heterocycles. The Morgan fingerprint density at radius 3 is 2.62 bits per heavy atom. The molecule has 1 rings (SSSR count). The third-order valence-corrected chi connectivity index (χ3v) is 2.16. The summed E-state index contributed by atoms with van der Waals surface area (Å²) in [6.45, 7) is -0.279. The molecule has 0 heterocycles. The summed E-state index contributed by atoms with van der Waals surface area (Å²) in [5.74, 6) is 0. The normalized spacial score (nSPS) is 10.9. The van der Waals surface area contributed by atoms with E-state index in [1.165, 1.54) is 12.1 Å². The van der Waals surface area contributed by atoms with E-state index >= 15 is 0 Å². The highest BCUT2D eigenvalue weighted by Gasteiger charge is 2.26. The Balaban J connectivity index is 2.68. The number of nitrogens with zero attached hydrogens (tertiary/aromatic N) is 1. The van der Waals surface area contributed by atoms with Crippen LogP contribution >= 0.6 is 11.6 Å². The van der Waals surface area contributed by atoms with Crippen LogP contribution in [0.15, 0.2) is 18.2 Å². The van der Waals surface area contributed by atoms with E-state index < -0.39 is 12.6 Å². The maximum atomic E-state index is 11.9. The molecule has 0 radical (unpaired) electrons. The third-order valence-electron chi connectivity index (χ3n) is 1.85. The van der Waals surface area contributed by atoms with Crippen LogP contribution in [0.25, 0.3) is 0 Å². The van der Waals surface area contributed by atoms with Crippen LogP contribution in [-0.2, 0) is 0 Å². The van der Waals surface area contributed by atoms with Crippen molar-refractivity contribution in [3.8, 4) is 6.07 Å². The van der Waals surface area contributed by atoms with Gasteiger partial charge in [-0.25, -0.2) is 0 Å². The van der Waals surface area contributed by atoms with Gasteiger partial charge in [-0.15, -0.1) is 0 Å². The fraction of sp³-hybridized carbons (Fsp3) is 0.300. The molecule has 0 saturated heterocycles. The van der Waals surface area contributed by atoms with Crippen molar-refractivity contribution in [2.45, 2.75) is 12.6 Å². The zero-order chi connectivity index (χ0) is 12.2. The Bertz CT molecular complexity index is 410. The monoisotopic (exact) mass is 248 g/mol. The molecule has 0 aliphatic carbocycles. The van der Waals surface area contributed by atoms with E-state index in [9.17, 15) is 13.2 Å². The van der Waals surface area contributed by atoms with Gasteiger partial charge < -0.3 is 5.32 Å². The average Bonchev–Trinajstić information content (AvgIpc) is 2.16. The molecule has 0 atom stereocenters. The molecule has 0 bridgehead atoms. The lowest BCUT2D eigenvalue weighted by Crippen LogP contribution is -2.15. The fourth-order valence-corrected chi connectivity index (χ4v) is 1.34. The van der Waals surface area contributed by atoms with Crippen LogP contribution in [0.4, 0.5) is 18.9 Å². The first-order valence-corrected chi connectivity index (χ1v) is 4.81. The minimum atomic E-state index is -4.21. The average molecular weight is 249 g/mol. The van der Waals surface area contributed by atoms with Crippen LogP contribution in [0.1, 0.15) is 12.0 Å². The van der Waals surface area contributed by atoms with Crippen molar-refractivity contribution in [2.24, 2.45) is 0 Å². The first kappa shape index (κ1) is 12.7. The number of hydrogen-bond acceptors (Lipinski definition) is 2. The maximum absolute atomic E-state index is 11.9. The van der Waals surface area contributed by atoms with Gasteiger partial charge in [0.15, 0.2) is 0 Å². The van der Waals surface area contributed by atoms with Crippen LogP contribution in [0.2, 0.25) is 5.02 Å². The van der Waals surface area contributed by atoms with Crippen LogP contribution in [0.3, 0.4) is 0 Å². The summed E-state index contributed by atoms with van der Waals surface area (Å²) in [6, 6.07) is 6.43. The van der Waals surface area contributed by atoms with Crippen molar-refractivity contribution in [3.05, 3.63) is 28.8 Å². The van der Waals surface area contributed by atoms with Gasteiger partial charge in [-0.3, -0.25) is 0 Å². The molecule has 16 heavy (non-hydrogen) atoms. The van der Waals surface area contributed by atoms with Crippen molar-refractivity contribution in [2.75, 3.05) is 11.9 Å². The van der Waals surface area contributed by atoms with Gasteiger partial charge in [0.2, 0.25) is 0 Å². The Labute approximate surface area is 95.6 Å². The van der Waals surface area contributed by atoms with Crippen molar-refractivity contribution in [1.29, 1.82) is 5.26 Å². The molecule has 0 saturated carbocycles. The molecule has 1 N–H and O–H groups in total. The van der Waals surface area contributed by atoms with Crippen LogP contribution in [-0.4, -0.2) is 12.7 Å². The summed E-state index contributed by atoms with van der Waals surface area (Å²) in [5, 5.41) is 11.5. The highest BCUT2D eigenvalue weighted by molar-refractivity contribution is 6.32. The van der Waals surface area contributed by atoms with Crippen LogP contribution < -0.4 is 5.32 Å². The Morgan fingerprint density at radius 2 is 2.06 bits per heavy atom. The smallest absolute Gasteiger partial charge is 0.384 e.